The minimum absolute atomic E-state index is 0.459. The van der Waals surface area contributed by atoms with Crippen molar-refractivity contribution in [2.45, 2.75) is 52.1 Å². The highest BCUT2D eigenvalue weighted by Gasteiger charge is 2.18. The Hall–Kier alpha value is -1.13. The third kappa shape index (κ3) is 2.74. The van der Waals surface area contributed by atoms with Crippen molar-refractivity contribution in [1.82, 2.24) is 10.3 Å². The first-order valence-corrected chi connectivity index (χ1v) is 7.83. The number of aromatic nitrogens is 1. The highest BCUT2D eigenvalue weighted by atomic mass is 32.1. The number of oxazole rings is 1. The number of hydrogen-bond donors (Lipinski definition) is 1. The van der Waals surface area contributed by atoms with Gasteiger partial charge >= 0.3 is 0 Å². The average molecular weight is 276 g/mol. The molecule has 0 amide bonds. The van der Waals surface area contributed by atoms with E-state index in [-0.39, 0.29) is 0 Å². The van der Waals surface area contributed by atoms with Crippen LogP contribution in [0, 0.1) is 0 Å². The largest absolute Gasteiger partial charge is 0.442 e. The van der Waals surface area contributed by atoms with Crippen molar-refractivity contribution in [3.05, 3.63) is 28.6 Å². The topological polar surface area (TPSA) is 38.1 Å². The molecule has 3 nitrogen and oxygen atoms in total. The Morgan fingerprint density at radius 2 is 2.21 bits per heavy atom. The van der Waals surface area contributed by atoms with Crippen LogP contribution in [0.25, 0.3) is 10.6 Å². The van der Waals surface area contributed by atoms with Crippen LogP contribution < -0.4 is 5.32 Å². The van der Waals surface area contributed by atoms with E-state index in [0.717, 1.165) is 18.0 Å². The van der Waals surface area contributed by atoms with Crippen molar-refractivity contribution in [3.63, 3.8) is 0 Å². The van der Waals surface area contributed by atoms with Gasteiger partial charge in [0.05, 0.1) is 4.88 Å². The molecule has 0 radical (unpaired) electrons. The van der Waals surface area contributed by atoms with Crippen molar-refractivity contribution >= 4 is 11.3 Å². The molecule has 2 aromatic heterocycles. The number of hydrogen-bond acceptors (Lipinski definition) is 4. The van der Waals surface area contributed by atoms with Crippen LogP contribution in [-0.2, 0) is 19.4 Å². The SMILES string of the molecule is CC(C)NCc1ncoc1-c1cc2c(s1)CCCC2. The van der Waals surface area contributed by atoms with E-state index < -0.39 is 0 Å². The zero-order valence-electron chi connectivity index (χ0n) is 11.5. The van der Waals surface area contributed by atoms with Crippen molar-refractivity contribution < 1.29 is 4.42 Å². The number of nitrogens with zero attached hydrogens (tertiary/aromatic N) is 1. The average Bonchev–Trinajstić information content (AvgIpc) is 3.02. The summed E-state index contributed by atoms with van der Waals surface area (Å²) < 4.78 is 5.62. The molecule has 4 heteroatoms. The Balaban J connectivity index is 1.85. The molecule has 0 unspecified atom stereocenters. The van der Waals surface area contributed by atoms with Crippen LogP contribution in [0.1, 0.15) is 42.8 Å². The van der Waals surface area contributed by atoms with E-state index in [1.165, 1.54) is 36.1 Å². The molecular formula is C15H20N2OS. The van der Waals surface area contributed by atoms with E-state index in [1.807, 2.05) is 11.3 Å². The van der Waals surface area contributed by atoms with Gasteiger partial charge in [-0.1, -0.05) is 13.8 Å². The number of fused-ring (bicyclic) bond motifs is 1. The summed E-state index contributed by atoms with van der Waals surface area (Å²) in [5.74, 6) is 0.951. The molecule has 1 aliphatic rings. The third-order valence-corrected chi connectivity index (χ3v) is 4.78. The summed E-state index contributed by atoms with van der Waals surface area (Å²) in [7, 11) is 0. The second-order valence-corrected chi connectivity index (χ2v) is 6.57. The first-order valence-electron chi connectivity index (χ1n) is 7.01. The molecule has 1 N–H and O–H groups in total. The fourth-order valence-electron chi connectivity index (χ4n) is 2.50. The maximum atomic E-state index is 5.62. The first kappa shape index (κ1) is 12.9. The van der Waals surface area contributed by atoms with Crippen molar-refractivity contribution in [1.29, 1.82) is 0 Å². The van der Waals surface area contributed by atoms with Gasteiger partial charge in [0.15, 0.2) is 12.2 Å². The lowest BCUT2D eigenvalue weighted by atomic mass is 9.99. The van der Waals surface area contributed by atoms with Gasteiger partial charge in [-0.2, -0.15) is 0 Å². The van der Waals surface area contributed by atoms with Gasteiger partial charge in [0.25, 0.3) is 0 Å². The van der Waals surface area contributed by atoms with Gasteiger partial charge in [0.1, 0.15) is 5.69 Å². The fraction of sp³-hybridized carbons (Fsp3) is 0.533. The van der Waals surface area contributed by atoms with Crippen LogP contribution in [0.5, 0.6) is 0 Å². The van der Waals surface area contributed by atoms with Crippen molar-refractivity contribution in [2.24, 2.45) is 0 Å². The van der Waals surface area contributed by atoms with E-state index in [1.54, 1.807) is 11.3 Å². The zero-order valence-corrected chi connectivity index (χ0v) is 12.3. The summed E-state index contributed by atoms with van der Waals surface area (Å²) >= 11 is 1.88. The Bertz CT molecular complexity index is 533. The molecule has 0 fully saturated rings. The Morgan fingerprint density at radius 3 is 3.00 bits per heavy atom. The summed E-state index contributed by atoms with van der Waals surface area (Å²) in [5.41, 5.74) is 2.54. The van der Waals surface area contributed by atoms with E-state index in [9.17, 15) is 0 Å². The molecular weight excluding hydrogens is 256 g/mol. The summed E-state index contributed by atoms with van der Waals surface area (Å²) in [6, 6.07) is 2.76. The summed E-state index contributed by atoms with van der Waals surface area (Å²) in [4.78, 5) is 7.13. The van der Waals surface area contributed by atoms with Gasteiger partial charge in [-0.15, -0.1) is 11.3 Å². The molecule has 3 rings (SSSR count). The van der Waals surface area contributed by atoms with Gasteiger partial charge in [0.2, 0.25) is 0 Å². The quantitative estimate of drug-likeness (QED) is 0.923. The summed E-state index contributed by atoms with van der Waals surface area (Å²) in [5, 5.41) is 3.40. The van der Waals surface area contributed by atoms with Gasteiger partial charge in [-0.25, -0.2) is 4.98 Å². The molecule has 0 atom stereocenters. The first-order chi connectivity index (χ1) is 9.24. The summed E-state index contributed by atoms with van der Waals surface area (Å²) in [6.07, 6.45) is 6.66. The smallest absolute Gasteiger partial charge is 0.181 e. The van der Waals surface area contributed by atoms with Gasteiger partial charge < -0.3 is 9.73 Å². The highest BCUT2D eigenvalue weighted by molar-refractivity contribution is 7.15. The maximum absolute atomic E-state index is 5.62. The predicted octanol–water partition coefficient (Wildman–Crippen LogP) is 3.78. The fourth-order valence-corrected chi connectivity index (χ4v) is 3.76. The number of rotatable bonds is 4. The molecule has 0 aliphatic heterocycles. The van der Waals surface area contributed by atoms with Crippen LogP contribution in [0.15, 0.2) is 16.9 Å². The lowest BCUT2D eigenvalue weighted by Gasteiger charge is -2.08. The normalized spacial score (nSPS) is 14.9. The van der Waals surface area contributed by atoms with Crippen LogP contribution >= 0.6 is 11.3 Å². The second kappa shape index (κ2) is 5.47. The monoisotopic (exact) mass is 276 g/mol. The number of aryl methyl sites for hydroxylation is 2. The molecule has 0 spiro atoms. The minimum Gasteiger partial charge on any atom is -0.442 e. The molecule has 19 heavy (non-hydrogen) atoms. The zero-order chi connectivity index (χ0) is 13.2. The molecule has 0 saturated heterocycles. The Labute approximate surface area is 118 Å². The highest BCUT2D eigenvalue weighted by Crippen LogP contribution is 2.36. The molecule has 2 aromatic rings. The predicted molar refractivity (Wildman–Crippen MR) is 78.4 cm³/mol. The van der Waals surface area contributed by atoms with E-state index in [4.69, 9.17) is 4.42 Å². The number of thiophene rings is 1. The van der Waals surface area contributed by atoms with Gasteiger partial charge in [-0.05, 0) is 37.3 Å². The Kier molecular flexibility index (Phi) is 3.71. The third-order valence-electron chi connectivity index (χ3n) is 3.54. The van der Waals surface area contributed by atoms with Crippen molar-refractivity contribution in [3.8, 4) is 10.6 Å². The molecule has 0 aromatic carbocycles. The second-order valence-electron chi connectivity index (χ2n) is 5.43. The van der Waals surface area contributed by atoms with E-state index >= 15 is 0 Å². The molecule has 0 saturated carbocycles. The summed E-state index contributed by atoms with van der Waals surface area (Å²) in [6.45, 7) is 5.05. The molecule has 0 bridgehead atoms. The van der Waals surface area contributed by atoms with Crippen molar-refractivity contribution in [2.75, 3.05) is 0 Å². The van der Waals surface area contributed by atoms with Crippen LogP contribution in [0.3, 0.4) is 0 Å². The lowest BCUT2D eigenvalue weighted by Crippen LogP contribution is -2.22. The maximum Gasteiger partial charge on any atom is 0.181 e. The molecule has 1 aliphatic carbocycles. The van der Waals surface area contributed by atoms with Gasteiger partial charge in [-0.3, -0.25) is 0 Å². The van der Waals surface area contributed by atoms with E-state index in [2.05, 4.69) is 30.2 Å². The minimum atomic E-state index is 0.459. The van der Waals surface area contributed by atoms with Crippen LogP contribution in [0.2, 0.25) is 0 Å². The standard InChI is InChI=1S/C15H20N2OS/c1-10(2)16-8-12-15(18-9-17-12)14-7-11-5-3-4-6-13(11)19-14/h7,9-10,16H,3-6,8H2,1-2H3. The Morgan fingerprint density at radius 1 is 1.37 bits per heavy atom. The van der Waals surface area contributed by atoms with E-state index in [0.29, 0.717) is 6.04 Å². The lowest BCUT2D eigenvalue weighted by molar-refractivity contribution is 0.564. The molecule has 2 heterocycles. The van der Waals surface area contributed by atoms with Gasteiger partial charge in [0, 0.05) is 17.5 Å². The molecule has 102 valence electrons. The van der Waals surface area contributed by atoms with Crippen LogP contribution in [-0.4, -0.2) is 11.0 Å². The number of nitrogens with one attached hydrogen (secondary N) is 1. The van der Waals surface area contributed by atoms with Crippen LogP contribution in [0.4, 0.5) is 0 Å².